The van der Waals surface area contributed by atoms with Gasteiger partial charge in [0.25, 0.3) is 0 Å². The molecule has 1 aliphatic heterocycles. The van der Waals surface area contributed by atoms with Gasteiger partial charge in [0.1, 0.15) is 6.54 Å². The Morgan fingerprint density at radius 1 is 1.40 bits per heavy atom. The molecule has 0 aromatic carbocycles. The highest BCUT2D eigenvalue weighted by molar-refractivity contribution is 5.76. The van der Waals surface area contributed by atoms with Gasteiger partial charge in [0.05, 0.1) is 0 Å². The highest BCUT2D eigenvalue weighted by Crippen LogP contribution is 2.21. The number of nitro groups is 1. The van der Waals surface area contributed by atoms with Gasteiger partial charge < -0.3 is 15.0 Å². The second kappa shape index (κ2) is 5.56. The summed E-state index contributed by atoms with van der Waals surface area (Å²) in [6, 6.07) is 0. The molecule has 20 heavy (non-hydrogen) atoms. The highest BCUT2D eigenvalue weighted by atomic mass is 16.6. The van der Waals surface area contributed by atoms with Gasteiger partial charge in [-0.25, -0.2) is 0 Å². The standard InChI is InChI=1S/C12H19N5O3/c1-8-4-9(2)6-15(5-8)11(18)7-16-10(3)13-12(14-16)17(19)20/h8-9H,4-7H2,1-3H3/t8-,9+. The van der Waals surface area contributed by atoms with Crippen molar-refractivity contribution in [3.05, 3.63) is 15.9 Å². The van der Waals surface area contributed by atoms with Crippen molar-refractivity contribution >= 4 is 11.9 Å². The number of hydrogen-bond acceptors (Lipinski definition) is 5. The molecule has 8 heteroatoms. The van der Waals surface area contributed by atoms with Crippen LogP contribution in [-0.4, -0.2) is 43.6 Å². The summed E-state index contributed by atoms with van der Waals surface area (Å²) in [6.07, 6.45) is 1.12. The maximum atomic E-state index is 12.3. The van der Waals surface area contributed by atoms with Crippen LogP contribution in [0.1, 0.15) is 26.1 Å². The maximum absolute atomic E-state index is 12.3. The predicted molar refractivity (Wildman–Crippen MR) is 70.9 cm³/mol. The predicted octanol–water partition coefficient (Wildman–Crippen LogP) is 0.999. The fraction of sp³-hybridized carbons (Fsp3) is 0.750. The molecule has 1 amide bonds. The van der Waals surface area contributed by atoms with E-state index in [1.165, 1.54) is 4.68 Å². The van der Waals surface area contributed by atoms with Crippen molar-refractivity contribution in [1.29, 1.82) is 0 Å². The minimum absolute atomic E-state index is 0.00606. The SMILES string of the molecule is Cc1nc([N+](=O)[O-])nn1CC(=O)N1C[C@H](C)C[C@H](C)C1. The van der Waals surface area contributed by atoms with Crippen LogP contribution < -0.4 is 0 Å². The summed E-state index contributed by atoms with van der Waals surface area (Å²) in [5.41, 5.74) is 0. The molecule has 0 N–H and O–H groups in total. The Kier molecular flexibility index (Phi) is 4.01. The van der Waals surface area contributed by atoms with Crippen LogP contribution in [-0.2, 0) is 11.3 Å². The van der Waals surface area contributed by atoms with Gasteiger partial charge in [0.15, 0.2) is 0 Å². The smallest absolute Gasteiger partial charge is 0.390 e. The number of aryl methyl sites for hydroxylation is 1. The molecule has 0 aliphatic carbocycles. The van der Waals surface area contributed by atoms with Crippen LogP contribution in [0, 0.1) is 28.9 Å². The summed E-state index contributed by atoms with van der Waals surface area (Å²) in [5, 5.41) is 14.4. The molecule has 1 aliphatic rings. The number of amides is 1. The fourth-order valence-electron chi connectivity index (χ4n) is 2.73. The van der Waals surface area contributed by atoms with Crippen molar-refractivity contribution in [3.63, 3.8) is 0 Å². The summed E-state index contributed by atoms with van der Waals surface area (Å²) in [4.78, 5) is 27.7. The molecule has 2 rings (SSSR count). The lowest BCUT2D eigenvalue weighted by molar-refractivity contribution is -0.394. The Balaban J connectivity index is 2.06. The number of nitrogens with zero attached hydrogens (tertiary/aromatic N) is 5. The monoisotopic (exact) mass is 281 g/mol. The third-order valence-electron chi connectivity index (χ3n) is 3.52. The Bertz CT molecular complexity index is 517. The lowest BCUT2D eigenvalue weighted by Gasteiger charge is -2.34. The highest BCUT2D eigenvalue weighted by Gasteiger charge is 2.27. The van der Waals surface area contributed by atoms with Gasteiger partial charge in [-0.05, 0) is 28.2 Å². The van der Waals surface area contributed by atoms with E-state index in [1.807, 2.05) is 4.90 Å². The van der Waals surface area contributed by atoms with E-state index in [-0.39, 0.29) is 12.5 Å². The lowest BCUT2D eigenvalue weighted by atomic mass is 9.92. The van der Waals surface area contributed by atoms with E-state index < -0.39 is 10.9 Å². The molecule has 1 aromatic heterocycles. The summed E-state index contributed by atoms with van der Waals surface area (Å²) in [5.74, 6) is 0.813. The molecule has 1 fully saturated rings. The van der Waals surface area contributed by atoms with E-state index in [0.29, 0.717) is 17.7 Å². The molecular formula is C12H19N5O3. The number of hydrogen-bond donors (Lipinski definition) is 0. The Morgan fingerprint density at radius 2 is 2.00 bits per heavy atom. The summed E-state index contributed by atoms with van der Waals surface area (Å²) >= 11 is 0. The van der Waals surface area contributed by atoms with E-state index >= 15 is 0 Å². The molecule has 0 unspecified atom stereocenters. The third kappa shape index (κ3) is 3.12. The van der Waals surface area contributed by atoms with E-state index in [1.54, 1.807) is 6.92 Å². The van der Waals surface area contributed by atoms with Crippen molar-refractivity contribution in [3.8, 4) is 0 Å². The zero-order valence-corrected chi connectivity index (χ0v) is 11.9. The zero-order chi connectivity index (χ0) is 14.9. The van der Waals surface area contributed by atoms with E-state index in [9.17, 15) is 14.9 Å². The van der Waals surface area contributed by atoms with Crippen LogP contribution in [0.15, 0.2) is 0 Å². The average Bonchev–Trinajstić information content (AvgIpc) is 2.70. The molecule has 0 bridgehead atoms. The van der Waals surface area contributed by atoms with Crippen molar-refractivity contribution in [2.24, 2.45) is 11.8 Å². The van der Waals surface area contributed by atoms with Gasteiger partial charge in [-0.15, -0.1) is 0 Å². The molecular weight excluding hydrogens is 262 g/mol. The van der Waals surface area contributed by atoms with E-state index in [0.717, 1.165) is 19.5 Å². The second-order valence-electron chi connectivity index (χ2n) is 5.62. The van der Waals surface area contributed by atoms with Gasteiger partial charge in [0, 0.05) is 25.1 Å². The molecule has 110 valence electrons. The zero-order valence-electron chi connectivity index (χ0n) is 11.9. The number of aromatic nitrogens is 3. The lowest BCUT2D eigenvalue weighted by Crippen LogP contribution is -2.44. The third-order valence-corrected chi connectivity index (χ3v) is 3.52. The minimum atomic E-state index is -0.654. The van der Waals surface area contributed by atoms with E-state index in [4.69, 9.17) is 0 Å². The van der Waals surface area contributed by atoms with Crippen LogP contribution in [0.3, 0.4) is 0 Å². The fourth-order valence-corrected chi connectivity index (χ4v) is 2.73. The molecule has 2 heterocycles. The molecule has 1 aromatic rings. The van der Waals surface area contributed by atoms with Crippen molar-refractivity contribution in [2.75, 3.05) is 13.1 Å². The first kappa shape index (κ1) is 14.4. The average molecular weight is 281 g/mol. The minimum Gasteiger partial charge on any atom is -0.390 e. The van der Waals surface area contributed by atoms with Crippen LogP contribution in [0.4, 0.5) is 5.95 Å². The van der Waals surface area contributed by atoms with Gasteiger partial charge >= 0.3 is 5.95 Å². The van der Waals surface area contributed by atoms with Gasteiger partial charge in [-0.3, -0.25) is 4.79 Å². The number of carbonyl (C=O) groups is 1. The number of rotatable bonds is 3. The normalized spacial score (nSPS) is 22.9. The first-order valence-electron chi connectivity index (χ1n) is 6.70. The maximum Gasteiger partial charge on any atom is 0.491 e. The molecule has 0 saturated carbocycles. The summed E-state index contributed by atoms with van der Waals surface area (Å²) in [7, 11) is 0. The van der Waals surface area contributed by atoms with Crippen molar-refractivity contribution in [2.45, 2.75) is 33.7 Å². The Morgan fingerprint density at radius 3 is 2.50 bits per heavy atom. The Labute approximate surface area is 116 Å². The molecule has 0 radical (unpaired) electrons. The molecule has 8 nitrogen and oxygen atoms in total. The van der Waals surface area contributed by atoms with Crippen LogP contribution in [0.5, 0.6) is 0 Å². The largest absolute Gasteiger partial charge is 0.491 e. The summed E-state index contributed by atoms with van der Waals surface area (Å²) in [6.45, 7) is 7.34. The summed E-state index contributed by atoms with van der Waals surface area (Å²) < 4.78 is 1.30. The van der Waals surface area contributed by atoms with Gasteiger partial charge in [-0.1, -0.05) is 13.8 Å². The first-order chi connectivity index (χ1) is 9.36. The van der Waals surface area contributed by atoms with Gasteiger partial charge in [-0.2, -0.15) is 4.68 Å². The molecule has 0 spiro atoms. The van der Waals surface area contributed by atoms with E-state index in [2.05, 4.69) is 23.9 Å². The number of piperidine rings is 1. The van der Waals surface area contributed by atoms with Crippen LogP contribution in [0.25, 0.3) is 0 Å². The Hall–Kier alpha value is -1.99. The van der Waals surface area contributed by atoms with Crippen LogP contribution >= 0.6 is 0 Å². The molecule has 1 saturated heterocycles. The van der Waals surface area contributed by atoms with Crippen molar-refractivity contribution in [1.82, 2.24) is 19.7 Å². The quantitative estimate of drug-likeness (QED) is 0.608. The van der Waals surface area contributed by atoms with Crippen molar-refractivity contribution < 1.29 is 9.72 Å². The molecule has 2 atom stereocenters. The van der Waals surface area contributed by atoms with Crippen LogP contribution in [0.2, 0.25) is 0 Å². The second-order valence-corrected chi connectivity index (χ2v) is 5.62. The number of carbonyl (C=O) groups excluding carboxylic acids is 1. The first-order valence-corrected chi connectivity index (χ1v) is 6.70. The number of likely N-dealkylation sites (tertiary alicyclic amines) is 1. The van der Waals surface area contributed by atoms with Gasteiger partial charge in [0.2, 0.25) is 11.7 Å². The topological polar surface area (TPSA) is 94.2 Å².